The van der Waals surface area contributed by atoms with Crippen LogP contribution in [-0.2, 0) is 6.18 Å². The number of carbonyl (C=O) groups excluding carboxylic acids is 2. The summed E-state index contributed by atoms with van der Waals surface area (Å²) in [7, 11) is 0. The third-order valence-electron chi connectivity index (χ3n) is 4.91. The number of piperazine rings is 1. The van der Waals surface area contributed by atoms with E-state index in [4.69, 9.17) is 4.42 Å². The summed E-state index contributed by atoms with van der Waals surface area (Å²) in [6, 6.07) is 5.37. The van der Waals surface area contributed by atoms with Crippen LogP contribution in [0.25, 0.3) is 5.65 Å². The van der Waals surface area contributed by atoms with Gasteiger partial charge in [-0.1, -0.05) is 0 Å². The summed E-state index contributed by atoms with van der Waals surface area (Å²) in [6.07, 6.45) is -2.22. The number of aryl methyl sites for hydroxylation is 1. The lowest BCUT2D eigenvalue weighted by Crippen LogP contribution is -2.50. The molecule has 29 heavy (non-hydrogen) atoms. The van der Waals surface area contributed by atoms with Gasteiger partial charge >= 0.3 is 6.18 Å². The van der Waals surface area contributed by atoms with E-state index >= 15 is 0 Å². The smallest absolute Gasteiger partial charge is 0.417 e. The Bertz CT molecular complexity index is 1060. The average molecular weight is 406 g/mol. The van der Waals surface area contributed by atoms with Crippen molar-refractivity contribution < 1.29 is 27.2 Å². The number of furan rings is 1. The summed E-state index contributed by atoms with van der Waals surface area (Å²) in [5, 5.41) is 0. The van der Waals surface area contributed by atoms with Gasteiger partial charge in [0.25, 0.3) is 11.8 Å². The van der Waals surface area contributed by atoms with E-state index in [0.717, 1.165) is 12.3 Å². The van der Waals surface area contributed by atoms with Gasteiger partial charge in [0.15, 0.2) is 5.76 Å². The molecule has 1 saturated heterocycles. The Kier molecular flexibility index (Phi) is 4.56. The second kappa shape index (κ2) is 6.94. The molecule has 3 aromatic heterocycles. The molecular weight excluding hydrogens is 389 g/mol. The van der Waals surface area contributed by atoms with Gasteiger partial charge < -0.3 is 14.2 Å². The number of fused-ring (bicyclic) bond motifs is 1. The maximum atomic E-state index is 13.1. The van der Waals surface area contributed by atoms with Gasteiger partial charge in [0, 0.05) is 32.4 Å². The molecule has 0 saturated carbocycles. The summed E-state index contributed by atoms with van der Waals surface area (Å²) in [5.41, 5.74) is -0.142. The molecule has 0 radical (unpaired) electrons. The zero-order valence-electron chi connectivity index (χ0n) is 15.4. The number of aromatic nitrogens is 2. The first-order valence-electron chi connectivity index (χ1n) is 8.93. The van der Waals surface area contributed by atoms with Crippen molar-refractivity contribution in [3.05, 3.63) is 59.4 Å². The lowest BCUT2D eigenvalue weighted by Gasteiger charge is -2.34. The lowest BCUT2D eigenvalue weighted by atomic mass is 10.2. The van der Waals surface area contributed by atoms with Gasteiger partial charge in [-0.15, -0.1) is 0 Å². The van der Waals surface area contributed by atoms with E-state index in [0.29, 0.717) is 18.8 Å². The van der Waals surface area contributed by atoms with E-state index in [2.05, 4.69) is 4.98 Å². The van der Waals surface area contributed by atoms with Crippen LogP contribution in [0.4, 0.5) is 13.2 Å². The Morgan fingerprint density at radius 3 is 2.28 bits per heavy atom. The quantitative estimate of drug-likeness (QED) is 0.656. The zero-order chi connectivity index (χ0) is 20.8. The summed E-state index contributed by atoms with van der Waals surface area (Å²) in [4.78, 5) is 32.7. The molecule has 0 spiro atoms. The highest BCUT2D eigenvalue weighted by Crippen LogP contribution is 2.30. The number of halogens is 3. The van der Waals surface area contributed by atoms with Crippen LogP contribution in [0.3, 0.4) is 0 Å². The van der Waals surface area contributed by atoms with Crippen LogP contribution in [0.5, 0.6) is 0 Å². The number of amides is 2. The van der Waals surface area contributed by atoms with Crippen LogP contribution < -0.4 is 0 Å². The van der Waals surface area contributed by atoms with E-state index in [-0.39, 0.29) is 36.1 Å². The SMILES string of the molecule is Cc1nc2ccc(C(F)(F)F)cn2c1C(=O)N1CCN(C(=O)c2ccco2)CC1. The number of alkyl halides is 3. The molecular formula is C19H17F3N4O3. The van der Waals surface area contributed by atoms with Gasteiger partial charge in [0.1, 0.15) is 11.3 Å². The minimum Gasteiger partial charge on any atom is -0.459 e. The molecule has 0 aromatic carbocycles. The number of carbonyl (C=O) groups is 2. The Labute approximate surface area is 163 Å². The van der Waals surface area contributed by atoms with Crippen LogP contribution in [-0.4, -0.2) is 57.2 Å². The number of pyridine rings is 1. The molecule has 1 aliphatic rings. The predicted octanol–water partition coefficient (Wildman–Crippen LogP) is 2.85. The molecule has 152 valence electrons. The van der Waals surface area contributed by atoms with Gasteiger partial charge in [-0.05, 0) is 31.2 Å². The minimum atomic E-state index is -4.52. The first kappa shape index (κ1) is 19.0. The number of hydrogen-bond donors (Lipinski definition) is 0. The fourth-order valence-corrected chi connectivity index (χ4v) is 3.41. The van der Waals surface area contributed by atoms with Crippen LogP contribution in [0.2, 0.25) is 0 Å². The van der Waals surface area contributed by atoms with E-state index in [1.54, 1.807) is 24.0 Å². The third kappa shape index (κ3) is 3.45. The largest absolute Gasteiger partial charge is 0.459 e. The fourth-order valence-electron chi connectivity index (χ4n) is 3.41. The average Bonchev–Trinajstić information content (AvgIpc) is 3.33. The Hall–Kier alpha value is -3.30. The van der Waals surface area contributed by atoms with Crippen molar-refractivity contribution in [1.29, 1.82) is 0 Å². The highest BCUT2D eigenvalue weighted by molar-refractivity contribution is 5.95. The van der Waals surface area contributed by atoms with Gasteiger partial charge in [0.2, 0.25) is 0 Å². The summed E-state index contributed by atoms with van der Waals surface area (Å²) in [6.45, 7) is 2.71. The third-order valence-corrected chi connectivity index (χ3v) is 4.91. The van der Waals surface area contributed by atoms with Gasteiger partial charge in [0.05, 0.1) is 17.5 Å². The number of rotatable bonds is 2. The van der Waals surface area contributed by atoms with E-state index in [1.807, 2.05) is 0 Å². The molecule has 10 heteroatoms. The molecule has 0 unspecified atom stereocenters. The van der Waals surface area contributed by atoms with Gasteiger partial charge in [-0.2, -0.15) is 13.2 Å². The van der Waals surface area contributed by atoms with E-state index < -0.39 is 17.6 Å². The summed E-state index contributed by atoms with van der Waals surface area (Å²) < 4.78 is 45.5. The standard InChI is InChI=1S/C19H17F3N4O3/c1-12-16(26-11-13(19(20,21)22)4-5-15(26)23-12)18(28)25-8-6-24(7-9-25)17(27)14-3-2-10-29-14/h2-5,10-11H,6-9H2,1H3. The molecule has 7 nitrogen and oxygen atoms in total. The van der Waals surface area contributed by atoms with E-state index in [1.165, 1.54) is 21.6 Å². The molecule has 3 aromatic rings. The number of nitrogens with zero attached hydrogens (tertiary/aromatic N) is 4. The molecule has 0 bridgehead atoms. The monoisotopic (exact) mass is 406 g/mol. The highest BCUT2D eigenvalue weighted by atomic mass is 19.4. The topological polar surface area (TPSA) is 71.1 Å². The molecule has 4 heterocycles. The fraction of sp³-hybridized carbons (Fsp3) is 0.316. The van der Waals surface area contributed by atoms with E-state index in [9.17, 15) is 22.8 Å². The van der Waals surface area contributed by atoms with Gasteiger partial charge in [-0.3, -0.25) is 14.0 Å². The van der Waals surface area contributed by atoms with Crippen LogP contribution in [0, 0.1) is 6.92 Å². The van der Waals surface area contributed by atoms with Crippen LogP contribution >= 0.6 is 0 Å². The number of hydrogen-bond acceptors (Lipinski definition) is 4. The second-order valence-corrected chi connectivity index (χ2v) is 6.75. The second-order valence-electron chi connectivity index (χ2n) is 6.75. The maximum Gasteiger partial charge on any atom is 0.417 e. The molecule has 1 fully saturated rings. The maximum absolute atomic E-state index is 13.1. The van der Waals surface area contributed by atoms with Crippen molar-refractivity contribution in [2.45, 2.75) is 13.1 Å². The Balaban J connectivity index is 1.55. The molecule has 0 atom stereocenters. The summed E-state index contributed by atoms with van der Waals surface area (Å²) >= 11 is 0. The molecule has 0 aliphatic carbocycles. The minimum absolute atomic E-state index is 0.0944. The van der Waals surface area contributed by atoms with Crippen molar-refractivity contribution in [3.63, 3.8) is 0 Å². The van der Waals surface area contributed by atoms with Crippen molar-refractivity contribution >= 4 is 17.5 Å². The summed E-state index contributed by atoms with van der Waals surface area (Å²) in [5.74, 6) is -0.454. The van der Waals surface area contributed by atoms with Crippen LogP contribution in [0.1, 0.15) is 32.3 Å². The van der Waals surface area contributed by atoms with Crippen molar-refractivity contribution in [2.24, 2.45) is 0 Å². The first-order chi connectivity index (χ1) is 13.8. The van der Waals surface area contributed by atoms with Crippen molar-refractivity contribution in [3.8, 4) is 0 Å². The number of imidazole rings is 1. The Morgan fingerprint density at radius 2 is 1.69 bits per heavy atom. The molecule has 0 N–H and O–H groups in total. The predicted molar refractivity (Wildman–Crippen MR) is 95.4 cm³/mol. The highest BCUT2D eigenvalue weighted by Gasteiger charge is 2.33. The van der Waals surface area contributed by atoms with Crippen molar-refractivity contribution in [2.75, 3.05) is 26.2 Å². The molecule has 1 aliphatic heterocycles. The van der Waals surface area contributed by atoms with Gasteiger partial charge in [-0.25, -0.2) is 4.98 Å². The van der Waals surface area contributed by atoms with Crippen molar-refractivity contribution in [1.82, 2.24) is 19.2 Å². The lowest BCUT2D eigenvalue weighted by molar-refractivity contribution is -0.137. The first-order valence-corrected chi connectivity index (χ1v) is 8.93. The zero-order valence-corrected chi connectivity index (χ0v) is 15.4. The molecule has 4 rings (SSSR count). The Morgan fingerprint density at radius 1 is 1.03 bits per heavy atom. The van der Waals surface area contributed by atoms with Crippen LogP contribution in [0.15, 0.2) is 41.1 Å². The molecule has 2 amide bonds. The normalized spacial score (nSPS) is 15.2.